The molecule has 3 aromatic rings. The maximum atomic E-state index is 13.8. The summed E-state index contributed by atoms with van der Waals surface area (Å²) in [5, 5.41) is 2.73. The van der Waals surface area contributed by atoms with Crippen LogP contribution in [0.5, 0.6) is 0 Å². The Kier molecular flexibility index (Phi) is 10.1. The minimum atomic E-state index is -4.76. The number of rotatable bonds is 11. The number of nitrogens with zero attached hydrogens (tertiary/aromatic N) is 2. The van der Waals surface area contributed by atoms with Crippen LogP contribution in [0.15, 0.2) is 83.8 Å². The lowest BCUT2D eigenvalue weighted by Crippen LogP contribution is -2.51. The summed E-state index contributed by atoms with van der Waals surface area (Å²) in [6.45, 7) is 4.46. The molecule has 7 nitrogen and oxygen atoms in total. The first-order chi connectivity index (χ1) is 19.2. The number of hydrogen-bond acceptors (Lipinski definition) is 4. The number of benzene rings is 3. The van der Waals surface area contributed by atoms with Crippen molar-refractivity contribution in [1.82, 2.24) is 10.2 Å². The molecule has 0 spiro atoms. The van der Waals surface area contributed by atoms with Crippen molar-refractivity contribution >= 4 is 27.5 Å². The van der Waals surface area contributed by atoms with Gasteiger partial charge in [0.05, 0.1) is 16.1 Å². The number of alkyl halides is 3. The zero-order valence-corrected chi connectivity index (χ0v) is 23.5. The van der Waals surface area contributed by atoms with Crippen molar-refractivity contribution in [3.63, 3.8) is 0 Å². The third kappa shape index (κ3) is 8.29. The van der Waals surface area contributed by atoms with E-state index in [9.17, 15) is 35.6 Å². The highest BCUT2D eigenvalue weighted by Crippen LogP contribution is 2.33. The van der Waals surface area contributed by atoms with Gasteiger partial charge in [-0.2, -0.15) is 13.2 Å². The van der Waals surface area contributed by atoms with Gasteiger partial charge in [-0.1, -0.05) is 50.2 Å². The first-order valence-corrected chi connectivity index (χ1v) is 14.2. The summed E-state index contributed by atoms with van der Waals surface area (Å²) >= 11 is 0. The second kappa shape index (κ2) is 13.2. The van der Waals surface area contributed by atoms with Gasteiger partial charge in [0.2, 0.25) is 11.8 Å². The number of sulfonamides is 1. The molecular weight excluding hydrogens is 562 g/mol. The van der Waals surface area contributed by atoms with E-state index in [1.54, 1.807) is 6.07 Å². The van der Waals surface area contributed by atoms with Gasteiger partial charge in [-0.05, 0) is 60.9 Å². The molecule has 0 fully saturated rings. The van der Waals surface area contributed by atoms with E-state index in [4.69, 9.17) is 0 Å². The van der Waals surface area contributed by atoms with Gasteiger partial charge < -0.3 is 10.2 Å². The second-order valence-corrected chi connectivity index (χ2v) is 11.7. The number of halogens is 4. The van der Waals surface area contributed by atoms with Crippen molar-refractivity contribution < 1.29 is 35.6 Å². The molecule has 3 rings (SSSR count). The Bertz CT molecular complexity index is 1450. The molecule has 0 bridgehead atoms. The highest BCUT2D eigenvalue weighted by molar-refractivity contribution is 7.92. The van der Waals surface area contributed by atoms with E-state index in [0.717, 1.165) is 23.1 Å². The Morgan fingerprint density at radius 2 is 1.54 bits per heavy atom. The van der Waals surface area contributed by atoms with E-state index in [1.165, 1.54) is 55.5 Å². The molecule has 0 aliphatic carbocycles. The summed E-state index contributed by atoms with van der Waals surface area (Å²) in [5.74, 6) is -1.76. The third-order valence-corrected chi connectivity index (χ3v) is 7.98. The zero-order valence-electron chi connectivity index (χ0n) is 22.7. The van der Waals surface area contributed by atoms with Crippen LogP contribution in [0.2, 0.25) is 0 Å². The predicted molar refractivity (Wildman–Crippen MR) is 147 cm³/mol. The van der Waals surface area contributed by atoms with Gasteiger partial charge in [-0.3, -0.25) is 13.9 Å². The molecule has 0 heterocycles. The largest absolute Gasteiger partial charge is 0.416 e. The van der Waals surface area contributed by atoms with Crippen molar-refractivity contribution in [2.75, 3.05) is 17.4 Å². The summed E-state index contributed by atoms with van der Waals surface area (Å²) in [6.07, 6.45) is -4.76. The quantitative estimate of drug-likeness (QED) is 0.309. The lowest BCUT2D eigenvalue weighted by atomic mass is 10.1. The summed E-state index contributed by atoms with van der Waals surface area (Å²) < 4.78 is 82.0. The van der Waals surface area contributed by atoms with Crippen LogP contribution in [-0.4, -0.2) is 44.3 Å². The third-order valence-electron chi connectivity index (χ3n) is 6.19. The number of hydrogen-bond donors (Lipinski definition) is 1. The Morgan fingerprint density at radius 3 is 2.12 bits per heavy atom. The SMILES string of the molecule is CC(C)CNC(=O)C(C)N(Cc1ccc(F)cc1)C(=O)CN(c1cccc(C(F)(F)F)c1)S(=O)(=O)c1ccccc1. The van der Waals surface area contributed by atoms with Crippen molar-refractivity contribution in [3.05, 3.63) is 95.8 Å². The smallest absolute Gasteiger partial charge is 0.354 e. The van der Waals surface area contributed by atoms with Crippen LogP contribution in [0.25, 0.3) is 0 Å². The van der Waals surface area contributed by atoms with Gasteiger partial charge in [0.15, 0.2) is 0 Å². The fourth-order valence-electron chi connectivity index (χ4n) is 3.91. The molecule has 0 saturated carbocycles. The Balaban J connectivity index is 2.05. The molecule has 3 aromatic carbocycles. The van der Waals surface area contributed by atoms with Gasteiger partial charge >= 0.3 is 6.18 Å². The molecule has 2 amide bonds. The molecule has 41 heavy (non-hydrogen) atoms. The molecule has 1 atom stereocenters. The van der Waals surface area contributed by atoms with E-state index in [-0.39, 0.29) is 23.0 Å². The Hall–Kier alpha value is -3.93. The molecule has 12 heteroatoms. The van der Waals surface area contributed by atoms with Gasteiger partial charge in [0, 0.05) is 13.1 Å². The van der Waals surface area contributed by atoms with Crippen LogP contribution in [0.3, 0.4) is 0 Å². The lowest BCUT2D eigenvalue weighted by molar-refractivity contribution is -0.139. The van der Waals surface area contributed by atoms with Crippen molar-refractivity contribution in [1.29, 1.82) is 0 Å². The monoisotopic (exact) mass is 593 g/mol. The van der Waals surface area contributed by atoms with Crippen LogP contribution in [0, 0.1) is 11.7 Å². The van der Waals surface area contributed by atoms with Gasteiger partial charge in [-0.25, -0.2) is 12.8 Å². The number of carbonyl (C=O) groups is 2. The number of carbonyl (C=O) groups excluding carboxylic acids is 2. The van der Waals surface area contributed by atoms with Gasteiger partial charge in [-0.15, -0.1) is 0 Å². The van der Waals surface area contributed by atoms with Crippen LogP contribution in [-0.2, 0) is 32.3 Å². The Labute approximate surface area is 236 Å². The van der Waals surface area contributed by atoms with E-state index >= 15 is 0 Å². The number of anilines is 1. The molecule has 1 N–H and O–H groups in total. The molecule has 0 aliphatic rings. The minimum Gasteiger partial charge on any atom is -0.354 e. The number of nitrogens with one attached hydrogen (secondary N) is 1. The van der Waals surface area contributed by atoms with E-state index in [2.05, 4.69) is 5.32 Å². The average molecular weight is 594 g/mol. The summed E-state index contributed by atoms with van der Waals surface area (Å²) in [5.41, 5.74) is -1.02. The molecule has 0 aliphatic heterocycles. The summed E-state index contributed by atoms with van der Waals surface area (Å²) in [4.78, 5) is 27.6. The standard InChI is InChI=1S/C29H31F4N3O4S/c1-20(2)17-34-28(38)21(3)35(18-22-12-14-24(30)15-13-22)27(37)19-36(41(39,40)26-10-5-4-6-11-26)25-9-7-8-23(16-25)29(31,32)33/h4-16,20-21H,17-19H2,1-3H3,(H,34,38). The lowest BCUT2D eigenvalue weighted by Gasteiger charge is -2.32. The van der Waals surface area contributed by atoms with Crippen LogP contribution >= 0.6 is 0 Å². The van der Waals surface area contributed by atoms with Crippen LogP contribution in [0.1, 0.15) is 31.9 Å². The van der Waals surface area contributed by atoms with Gasteiger partial charge in [0.1, 0.15) is 18.4 Å². The fourth-order valence-corrected chi connectivity index (χ4v) is 5.33. The maximum absolute atomic E-state index is 13.8. The topological polar surface area (TPSA) is 86.8 Å². The second-order valence-electron chi connectivity index (χ2n) is 9.84. The van der Waals surface area contributed by atoms with Crippen molar-refractivity contribution in [2.45, 2.75) is 44.4 Å². The summed E-state index contributed by atoms with van der Waals surface area (Å²) in [7, 11) is -4.52. The first-order valence-electron chi connectivity index (χ1n) is 12.8. The molecule has 220 valence electrons. The normalized spacial score (nSPS) is 12.6. The van der Waals surface area contributed by atoms with Crippen LogP contribution in [0.4, 0.5) is 23.2 Å². The van der Waals surface area contributed by atoms with Crippen molar-refractivity contribution in [2.24, 2.45) is 5.92 Å². The summed E-state index contributed by atoms with van der Waals surface area (Å²) in [6, 6.07) is 14.7. The van der Waals surface area contributed by atoms with Crippen LogP contribution < -0.4 is 9.62 Å². The number of amides is 2. The van der Waals surface area contributed by atoms with E-state index < -0.39 is 52.0 Å². The predicted octanol–water partition coefficient (Wildman–Crippen LogP) is 5.23. The average Bonchev–Trinajstić information content (AvgIpc) is 2.93. The van der Waals surface area contributed by atoms with Crippen molar-refractivity contribution in [3.8, 4) is 0 Å². The van der Waals surface area contributed by atoms with Gasteiger partial charge in [0.25, 0.3) is 10.0 Å². The molecule has 0 radical (unpaired) electrons. The first kappa shape index (κ1) is 31.6. The Morgan fingerprint density at radius 1 is 0.902 bits per heavy atom. The highest BCUT2D eigenvalue weighted by atomic mass is 32.2. The van der Waals surface area contributed by atoms with E-state index in [1.807, 2.05) is 13.8 Å². The fraction of sp³-hybridized carbons (Fsp3) is 0.310. The zero-order chi connectivity index (χ0) is 30.4. The molecule has 0 saturated heterocycles. The van der Waals surface area contributed by atoms with E-state index in [0.29, 0.717) is 22.5 Å². The molecular formula is C29H31F4N3O4S. The highest BCUT2D eigenvalue weighted by Gasteiger charge is 2.35. The maximum Gasteiger partial charge on any atom is 0.416 e. The molecule has 0 aromatic heterocycles. The molecule has 1 unspecified atom stereocenters. The minimum absolute atomic E-state index is 0.111.